The number of nitrogens with zero attached hydrogens (tertiary/aromatic N) is 5. The maximum atomic E-state index is 14.8. The minimum absolute atomic E-state index is 0.0866. The molecule has 0 aliphatic carbocycles. The van der Waals surface area contributed by atoms with Crippen LogP contribution in [0.4, 0.5) is 4.79 Å². The number of hydrazine groups is 1. The van der Waals surface area contributed by atoms with Crippen molar-refractivity contribution in [2.45, 2.75) is 32.0 Å². The molecule has 2 atom stereocenters. The van der Waals surface area contributed by atoms with E-state index in [1.54, 1.807) is 7.11 Å². The molecule has 0 spiro atoms. The van der Waals surface area contributed by atoms with Gasteiger partial charge in [0.25, 0.3) is 0 Å². The number of amidine groups is 1. The molecule has 3 heterocycles. The predicted molar refractivity (Wildman–Crippen MR) is 179 cm³/mol. The van der Waals surface area contributed by atoms with Crippen molar-refractivity contribution in [3.05, 3.63) is 93.5 Å². The van der Waals surface area contributed by atoms with Gasteiger partial charge in [-0.15, -0.1) is 0 Å². The molecule has 3 aliphatic rings. The number of carbonyl (C=O) groups is 1. The second kappa shape index (κ2) is 14.0. The molecule has 3 aromatic rings. The molecule has 0 bridgehead atoms. The number of carbonyl (C=O) groups excluding carboxylic acids is 1. The van der Waals surface area contributed by atoms with Crippen molar-refractivity contribution in [2.75, 3.05) is 59.5 Å². The molecule has 0 radical (unpaired) electrons. The maximum Gasteiger partial charge on any atom is 0.326 e. The number of piperazine rings is 2. The van der Waals surface area contributed by atoms with E-state index >= 15 is 0 Å². The average molecular weight is 652 g/mol. The zero-order valence-electron chi connectivity index (χ0n) is 26.0. The molecular weight excluding hydrogens is 611 g/mol. The van der Waals surface area contributed by atoms with E-state index in [9.17, 15) is 4.79 Å². The number of amides is 2. The lowest BCUT2D eigenvalue weighted by atomic mass is 9.93. The van der Waals surface area contributed by atoms with Gasteiger partial charge >= 0.3 is 6.03 Å². The largest absolute Gasteiger partial charge is 0.497 e. The van der Waals surface area contributed by atoms with Gasteiger partial charge in [-0.1, -0.05) is 47.5 Å². The van der Waals surface area contributed by atoms with Gasteiger partial charge in [0.15, 0.2) is 0 Å². The van der Waals surface area contributed by atoms with Crippen LogP contribution in [0.3, 0.4) is 0 Å². The van der Waals surface area contributed by atoms with Crippen LogP contribution in [0, 0.1) is 0 Å². The topological polar surface area (TPSA) is 72.9 Å². The zero-order chi connectivity index (χ0) is 31.5. The van der Waals surface area contributed by atoms with Crippen LogP contribution >= 0.6 is 23.2 Å². The maximum absolute atomic E-state index is 14.8. The molecule has 2 saturated heterocycles. The fourth-order valence-corrected chi connectivity index (χ4v) is 6.53. The monoisotopic (exact) mass is 650 g/mol. The Labute approximate surface area is 275 Å². The first-order chi connectivity index (χ1) is 21.8. The highest BCUT2D eigenvalue weighted by molar-refractivity contribution is 6.30. The summed E-state index contributed by atoms with van der Waals surface area (Å²) >= 11 is 12.6. The summed E-state index contributed by atoms with van der Waals surface area (Å²) in [7, 11) is 1.63. The second-order valence-corrected chi connectivity index (χ2v) is 12.6. The number of halogens is 2. The van der Waals surface area contributed by atoms with E-state index in [4.69, 9.17) is 37.7 Å². The third kappa shape index (κ3) is 6.93. The van der Waals surface area contributed by atoms with Crippen molar-refractivity contribution in [1.82, 2.24) is 25.1 Å². The van der Waals surface area contributed by atoms with Gasteiger partial charge in [-0.05, 0) is 61.4 Å². The number of urea groups is 1. The van der Waals surface area contributed by atoms with Crippen LogP contribution < -0.4 is 14.8 Å². The smallest absolute Gasteiger partial charge is 0.326 e. The summed E-state index contributed by atoms with van der Waals surface area (Å²) in [5.41, 5.74) is 2.62. The van der Waals surface area contributed by atoms with Crippen molar-refractivity contribution in [1.29, 1.82) is 0 Å². The van der Waals surface area contributed by atoms with E-state index in [0.717, 1.165) is 56.0 Å². The molecule has 6 rings (SSSR count). The first-order valence-electron chi connectivity index (χ1n) is 15.5. The van der Waals surface area contributed by atoms with Crippen molar-refractivity contribution < 1.29 is 14.3 Å². The zero-order valence-corrected chi connectivity index (χ0v) is 27.5. The van der Waals surface area contributed by atoms with E-state index in [1.807, 2.05) is 90.4 Å². The van der Waals surface area contributed by atoms with Crippen LogP contribution in [0.1, 0.15) is 42.6 Å². The summed E-state index contributed by atoms with van der Waals surface area (Å²) < 4.78 is 11.8. The molecule has 11 heteroatoms. The summed E-state index contributed by atoms with van der Waals surface area (Å²) in [6.07, 6.45) is -0.0980. The molecule has 0 aromatic heterocycles. The van der Waals surface area contributed by atoms with Gasteiger partial charge in [0.2, 0.25) is 0 Å². The number of rotatable bonds is 7. The van der Waals surface area contributed by atoms with E-state index in [1.165, 1.54) is 0 Å². The molecule has 1 N–H and O–H groups in total. The Morgan fingerprint density at radius 2 is 1.44 bits per heavy atom. The lowest BCUT2D eigenvalue weighted by Gasteiger charge is -2.44. The van der Waals surface area contributed by atoms with Gasteiger partial charge in [-0.3, -0.25) is 9.89 Å². The lowest BCUT2D eigenvalue weighted by Crippen LogP contribution is -2.60. The van der Waals surface area contributed by atoms with Crippen LogP contribution in [0.15, 0.2) is 71.7 Å². The SMILES string of the molecule is COc1ccc(C2=NC(c3ccc(Cl)cc3)C(c3ccc(Cl)cc3)N2C(=O)N2CCN(N3CCNCC3)CC2)c(OC(C)C)c1. The highest BCUT2D eigenvalue weighted by Gasteiger charge is 2.45. The molecule has 238 valence electrons. The Hall–Kier alpha value is -3.34. The van der Waals surface area contributed by atoms with Gasteiger partial charge in [-0.2, -0.15) is 0 Å². The van der Waals surface area contributed by atoms with Gasteiger partial charge in [0.1, 0.15) is 23.4 Å². The van der Waals surface area contributed by atoms with Crippen molar-refractivity contribution in [3.8, 4) is 11.5 Å². The fourth-order valence-electron chi connectivity index (χ4n) is 6.28. The molecule has 0 saturated carbocycles. The molecule has 2 fully saturated rings. The molecule has 3 aromatic carbocycles. The predicted octanol–water partition coefficient (Wildman–Crippen LogP) is 5.89. The summed E-state index contributed by atoms with van der Waals surface area (Å²) in [4.78, 5) is 24.0. The average Bonchev–Trinajstić information content (AvgIpc) is 3.45. The first-order valence-corrected chi connectivity index (χ1v) is 16.3. The summed E-state index contributed by atoms with van der Waals surface area (Å²) in [6, 6.07) is 20.2. The standard InChI is InChI=1S/C34H40Cl2N6O3/c1-23(2)45-30-22-28(44-3)12-13-29(30)33-38-31(24-4-8-26(35)9-5-24)32(25-6-10-27(36)11-7-25)42(33)34(43)39-18-20-41(21-19-39)40-16-14-37-15-17-40/h4-13,22-23,31-32,37H,14-21H2,1-3H3. The van der Waals surface area contributed by atoms with Crippen molar-refractivity contribution in [3.63, 3.8) is 0 Å². The highest BCUT2D eigenvalue weighted by atomic mass is 35.5. The van der Waals surface area contributed by atoms with Crippen LogP contribution in [0.5, 0.6) is 11.5 Å². The molecule has 45 heavy (non-hydrogen) atoms. The van der Waals surface area contributed by atoms with Crippen molar-refractivity contribution in [2.24, 2.45) is 4.99 Å². The Kier molecular flexibility index (Phi) is 9.82. The van der Waals surface area contributed by atoms with Crippen LogP contribution in [0.2, 0.25) is 10.0 Å². The third-order valence-corrected chi connectivity index (χ3v) is 9.01. The van der Waals surface area contributed by atoms with Gasteiger partial charge in [-0.25, -0.2) is 14.8 Å². The normalized spacial score (nSPS) is 21.2. The van der Waals surface area contributed by atoms with Crippen LogP contribution in [0.25, 0.3) is 0 Å². The minimum Gasteiger partial charge on any atom is -0.497 e. The Bertz CT molecular complexity index is 1500. The van der Waals surface area contributed by atoms with E-state index < -0.39 is 12.1 Å². The van der Waals surface area contributed by atoms with Crippen LogP contribution in [-0.2, 0) is 0 Å². The molecule has 2 amide bonds. The Balaban J connectivity index is 1.42. The number of nitrogens with one attached hydrogen (secondary N) is 1. The van der Waals surface area contributed by atoms with Gasteiger partial charge in [0, 0.05) is 68.5 Å². The number of ether oxygens (including phenoxy) is 2. The number of hydrogen-bond acceptors (Lipinski definition) is 7. The second-order valence-electron chi connectivity index (χ2n) is 11.8. The third-order valence-electron chi connectivity index (χ3n) is 8.51. The molecule has 2 unspecified atom stereocenters. The summed E-state index contributed by atoms with van der Waals surface area (Å²) in [5.74, 6) is 1.83. The molecule has 9 nitrogen and oxygen atoms in total. The summed E-state index contributed by atoms with van der Waals surface area (Å²) in [6.45, 7) is 10.7. The first kappa shape index (κ1) is 31.6. The van der Waals surface area contributed by atoms with Crippen molar-refractivity contribution >= 4 is 35.1 Å². The fraction of sp³-hybridized carbons (Fsp3) is 0.412. The quantitative estimate of drug-likeness (QED) is 0.344. The summed E-state index contributed by atoms with van der Waals surface area (Å²) in [5, 5.41) is 9.48. The molecule has 3 aliphatic heterocycles. The van der Waals surface area contributed by atoms with Gasteiger partial charge < -0.3 is 19.7 Å². The van der Waals surface area contributed by atoms with E-state index in [-0.39, 0.29) is 12.1 Å². The van der Waals surface area contributed by atoms with Gasteiger partial charge in [0.05, 0.1) is 24.8 Å². The number of aliphatic imine (C=N–C) groups is 1. The van der Waals surface area contributed by atoms with E-state index in [2.05, 4.69) is 15.3 Å². The number of hydrogen-bond donors (Lipinski definition) is 1. The molecular formula is C34H40Cl2N6O3. The number of methoxy groups -OCH3 is 1. The van der Waals surface area contributed by atoms with E-state index in [0.29, 0.717) is 40.5 Å². The van der Waals surface area contributed by atoms with Crippen LogP contribution in [-0.4, -0.2) is 97.3 Å². The lowest BCUT2D eigenvalue weighted by molar-refractivity contribution is -0.0585. The highest BCUT2D eigenvalue weighted by Crippen LogP contribution is 2.46. The Morgan fingerprint density at radius 3 is 2.04 bits per heavy atom. The minimum atomic E-state index is -0.425. The Morgan fingerprint density at radius 1 is 0.844 bits per heavy atom. The number of benzene rings is 3.